The molecule has 1 saturated heterocycles. The van der Waals surface area contributed by atoms with Crippen LogP contribution < -0.4 is 0 Å². The van der Waals surface area contributed by atoms with Gasteiger partial charge in [-0.2, -0.15) is 0 Å². The highest BCUT2D eigenvalue weighted by atomic mass is 35.5. The zero-order valence-electron chi connectivity index (χ0n) is 8.90. The second-order valence-electron chi connectivity index (χ2n) is 4.07. The molecule has 1 aromatic heterocycles. The third-order valence-electron chi connectivity index (χ3n) is 3.03. The quantitative estimate of drug-likeness (QED) is 0.738. The number of aromatic nitrogens is 1. The van der Waals surface area contributed by atoms with Gasteiger partial charge in [0.2, 0.25) is 0 Å². The molecule has 15 heavy (non-hydrogen) atoms. The Morgan fingerprint density at radius 1 is 1.60 bits per heavy atom. The van der Waals surface area contributed by atoms with Gasteiger partial charge < -0.3 is 4.74 Å². The summed E-state index contributed by atoms with van der Waals surface area (Å²) in [6, 6.07) is 5.95. The lowest BCUT2D eigenvalue weighted by Gasteiger charge is -2.19. The molecule has 3 atom stereocenters. The Balaban J connectivity index is 1.94. The summed E-state index contributed by atoms with van der Waals surface area (Å²) in [6.07, 6.45) is 4.01. The van der Waals surface area contributed by atoms with Gasteiger partial charge in [0, 0.05) is 36.2 Å². The molecule has 0 spiro atoms. The molecule has 0 aromatic carbocycles. The summed E-state index contributed by atoms with van der Waals surface area (Å²) in [6.45, 7) is 2.95. The Morgan fingerprint density at radius 2 is 2.47 bits per heavy atom. The second-order valence-corrected chi connectivity index (χ2v) is 4.63. The largest absolute Gasteiger partial charge is 0.378 e. The summed E-state index contributed by atoms with van der Waals surface area (Å²) < 4.78 is 5.52. The van der Waals surface area contributed by atoms with E-state index in [9.17, 15) is 0 Å². The van der Waals surface area contributed by atoms with E-state index in [1.165, 1.54) is 0 Å². The predicted octanol–water partition coefficient (Wildman–Crippen LogP) is 2.66. The number of hydrogen-bond donors (Lipinski definition) is 0. The molecule has 1 aliphatic rings. The lowest BCUT2D eigenvalue weighted by atomic mass is 9.95. The maximum Gasteiger partial charge on any atom is 0.0590 e. The van der Waals surface area contributed by atoms with Crippen LogP contribution in [0.25, 0.3) is 0 Å². The van der Waals surface area contributed by atoms with Crippen molar-refractivity contribution in [3.8, 4) is 0 Å². The van der Waals surface area contributed by atoms with Crippen LogP contribution in [0.15, 0.2) is 24.4 Å². The number of halogens is 1. The highest BCUT2D eigenvalue weighted by Crippen LogP contribution is 2.28. The first kappa shape index (κ1) is 10.9. The average molecular weight is 226 g/mol. The van der Waals surface area contributed by atoms with E-state index >= 15 is 0 Å². The van der Waals surface area contributed by atoms with Crippen molar-refractivity contribution in [3.63, 3.8) is 0 Å². The number of ether oxygens (including phenoxy) is 1. The monoisotopic (exact) mass is 225 g/mol. The summed E-state index contributed by atoms with van der Waals surface area (Å²) in [5.74, 6) is 0.466. The molecule has 0 bridgehead atoms. The Labute approximate surface area is 95.6 Å². The normalized spacial score (nSPS) is 27.9. The van der Waals surface area contributed by atoms with Crippen molar-refractivity contribution in [2.24, 2.45) is 5.92 Å². The number of nitrogens with zero attached hydrogens (tertiary/aromatic N) is 1. The van der Waals surface area contributed by atoms with E-state index < -0.39 is 0 Å². The third kappa shape index (κ3) is 2.70. The highest BCUT2D eigenvalue weighted by molar-refractivity contribution is 6.21. The SMILES string of the molecule is CC1OCCC1C(Cl)Cc1ccccn1. The van der Waals surface area contributed by atoms with E-state index in [2.05, 4.69) is 11.9 Å². The first-order valence-electron chi connectivity index (χ1n) is 5.43. The molecule has 1 aromatic rings. The maximum atomic E-state index is 6.40. The maximum absolute atomic E-state index is 6.40. The summed E-state index contributed by atoms with van der Waals surface area (Å²) in [5.41, 5.74) is 1.07. The van der Waals surface area contributed by atoms with E-state index in [0.717, 1.165) is 25.1 Å². The van der Waals surface area contributed by atoms with E-state index in [4.69, 9.17) is 16.3 Å². The van der Waals surface area contributed by atoms with Crippen molar-refractivity contribution in [1.29, 1.82) is 0 Å². The average Bonchev–Trinajstić information content (AvgIpc) is 2.66. The molecule has 0 radical (unpaired) electrons. The minimum absolute atomic E-state index is 0.136. The van der Waals surface area contributed by atoms with Gasteiger partial charge in [-0.05, 0) is 25.5 Å². The van der Waals surface area contributed by atoms with Crippen LogP contribution in [0.5, 0.6) is 0 Å². The van der Waals surface area contributed by atoms with E-state index in [0.29, 0.717) is 5.92 Å². The zero-order valence-corrected chi connectivity index (χ0v) is 9.65. The first-order valence-corrected chi connectivity index (χ1v) is 5.86. The van der Waals surface area contributed by atoms with Crippen molar-refractivity contribution in [2.75, 3.05) is 6.61 Å². The van der Waals surface area contributed by atoms with Crippen molar-refractivity contribution < 1.29 is 4.74 Å². The second kappa shape index (κ2) is 4.95. The predicted molar refractivity (Wildman–Crippen MR) is 61.1 cm³/mol. The van der Waals surface area contributed by atoms with Crippen LogP contribution in [-0.4, -0.2) is 23.1 Å². The molecule has 0 aliphatic carbocycles. The van der Waals surface area contributed by atoms with Gasteiger partial charge in [0.1, 0.15) is 0 Å². The third-order valence-corrected chi connectivity index (χ3v) is 3.51. The fraction of sp³-hybridized carbons (Fsp3) is 0.583. The number of alkyl halides is 1. The first-order chi connectivity index (χ1) is 7.27. The molecular formula is C12H16ClNO. The summed E-state index contributed by atoms with van der Waals surface area (Å²) in [5, 5.41) is 0.136. The molecule has 82 valence electrons. The fourth-order valence-corrected chi connectivity index (χ4v) is 2.58. The zero-order chi connectivity index (χ0) is 10.7. The molecule has 3 heteroatoms. The van der Waals surface area contributed by atoms with Crippen molar-refractivity contribution in [1.82, 2.24) is 4.98 Å². The highest BCUT2D eigenvalue weighted by Gasteiger charge is 2.30. The number of pyridine rings is 1. The molecule has 0 N–H and O–H groups in total. The topological polar surface area (TPSA) is 22.1 Å². The van der Waals surface area contributed by atoms with Gasteiger partial charge in [-0.15, -0.1) is 11.6 Å². The van der Waals surface area contributed by atoms with E-state index in [1.807, 2.05) is 24.4 Å². The molecule has 1 aliphatic heterocycles. The van der Waals surface area contributed by atoms with Gasteiger partial charge in [0.05, 0.1) is 6.10 Å². The molecule has 0 amide bonds. The van der Waals surface area contributed by atoms with Gasteiger partial charge in [-0.3, -0.25) is 4.98 Å². The van der Waals surface area contributed by atoms with Crippen molar-refractivity contribution in [2.45, 2.75) is 31.2 Å². The van der Waals surface area contributed by atoms with Crippen molar-refractivity contribution >= 4 is 11.6 Å². The van der Waals surface area contributed by atoms with Gasteiger partial charge in [-0.25, -0.2) is 0 Å². The van der Waals surface area contributed by atoms with Crippen LogP contribution >= 0.6 is 11.6 Å². The smallest absolute Gasteiger partial charge is 0.0590 e. The summed E-state index contributed by atoms with van der Waals surface area (Å²) in [4.78, 5) is 4.29. The van der Waals surface area contributed by atoms with Crippen LogP contribution in [0.1, 0.15) is 19.0 Å². The van der Waals surface area contributed by atoms with Crippen LogP contribution in [0, 0.1) is 5.92 Å². The molecule has 2 nitrogen and oxygen atoms in total. The van der Waals surface area contributed by atoms with Gasteiger partial charge in [0.15, 0.2) is 0 Å². The number of hydrogen-bond acceptors (Lipinski definition) is 2. The van der Waals surface area contributed by atoms with Gasteiger partial charge >= 0.3 is 0 Å². The Kier molecular flexibility index (Phi) is 3.60. The van der Waals surface area contributed by atoms with Gasteiger partial charge in [-0.1, -0.05) is 6.07 Å². The molecule has 2 heterocycles. The number of rotatable bonds is 3. The Morgan fingerprint density at radius 3 is 3.07 bits per heavy atom. The lowest BCUT2D eigenvalue weighted by molar-refractivity contribution is 0.105. The molecule has 1 fully saturated rings. The molecule has 3 unspecified atom stereocenters. The van der Waals surface area contributed by atoms with E-state index in [-0.39, 0.29) is 11.5 Å². The van der Waals surface area contributed by atoms with E-state index in [1.54, 1.807) is 0 Å². The van der Waals surface area contributed by atoms with Gasteiger partial charge in [0.25, 0.3) is 0 Å². The molecule has 0 saturated carbocycles. The van der Waals surface area contributed by atoms with Crippen LogP contribution in [0.4, 0.5) is 0 Å². The van der Waals surface area contributed by atoms with Crippen molar-refractivity contribution in [3.05, 3.63) is 30.1 Å². The molecular weight excluding hydrogens is 210 g/mol. The minimum Gasteiger partial charge on any atom is -0.378 e. The standard InChI is InChI=1S/C12H16ClNO/c1-9-11(5-7-15-9)12(13)8-10-4-2-3-6-14-10/h2-4,6,9,11-12H,5,7-8H2,1H3. The van der Waals surface area contributed by atoms with Crippen LogP contribution in [0.2, 0.25) is 0 Å². The Hall–Kier alpha value is -0.600. The summed E-state index contributed by atoms with van der Waals surface area (Å²) >= 11 is 6.40. The molecule has 2 rings (SSSR count). The fourth-order valence-electron chi connectivity index (χ4n) is 2.09. The lowest BCUT2D eigenvalue weighted by Crippen LogP contribution is -2.24. The Bertz CT molecular complexity index is 304. The van der Waals surface area contributed by atoms with Crippen LogP contribution in [-0.2, 0) is 11.2 Å². The minimum atomic E-state index is 0.136. The van der Waals surface area contributed by atoms with Crippen LogP contribution in [0.3, 0.4) is 0 Å². The summed E-state index contributed by atoms with van der Waals surface area (Å²) in [7, 11) is 0.